The molecule has 0 saturated carbocycles. The molecule has 1 fully saturated rings. The first-order valence-corrected chi connectivity index (χ1v) is 10.9. The van der Waals surface area contributed by atoms with E-state index in [1.165, 1.54) is 27.8 Å². The van der Waals surface area contributed by atoms with Gasteiger partial charge < -0.3 is 19.4 Å². The van der Waals surface area contributed by atoms with Gasteiger partial charge in [0.25, 0.3) is 5.56 Å². The Morgan fingerprint density at radius 1 is 1.21 bits per heavy atom. The lowest BCUT2D eigenvalue weighted by atomic mass is 10.1. The van der Waals surface area contributed by atoms with Crippen molar-refractivity contribution in [3.05, 3.63) is 57.9 Å². The minimum atomic E-state index is -0.579. The Morgan fingerprint density at radius 3 is 2.88 bits per heavy atom. The number of anilines is 1. The highest BCUT2D eigenvalue weighted by atomic mass is 19.1. The maximum absolute atomic E-state index is 14.5. The third kappa shape index (κ3) is 4.10. The SMILES string of the molecule is Cn1c(=O)ccc2ccc(F)c(CCNC[C@H]3CN(c4ncc5c(n4)CC(=O)CO5)C(=O)O3)c21. The molecule has 1 aromatic carbocycles. The van der Waals surface area contributed by atoms with Crippen LogP contribution in [0.15, 0.2) is 35.3 Å². The molecule has 1 atom stereocenters. The number of cyclic esters (lactones) is 1. The molecule has 0 radical (unpaired) electrons. The van der Waals surface area contributed by atoms with Crippen LogP contribution in [0.25, 0.3) is 10.9 Å². The number of hydrogen-bond acceptors (Lipinski definition) is 8. The minimum Gasteiger partial charge on any atom is -0.482 e. The molecular weight excluding hydrogens is 445 g/mol. The van der Waals surface area contributed by atoms with Crippen molar-refractivity contribution in [2.24, 2.45) is 7.05 Å². The van der Waals surface area contributed by atoms with Crippen LogP contribution in [-0.2, 0) is 29.4 Å². The fourth-order valence-electron chi connectivity index (χ4n) is 4.22. The van der Waals surface area contributed by atoms with E-state index in [0.717, 1.165) is 5.39 Å². The van der Waals surface area contributed by atoms with Gasteiger partial charge in [-0.1, -0.05) is 0 Å². The Balaban J connectivity index is 1.21. The number of hydrogen-bond donors (Lipinski definition) is 1. The summed E-state index contributed by atoms with van der Waals surface area (Å²) in [6.07, 6.45) is 0.910. The third-order valence-electron chi connectivity index (χ3n) is 5.94. The number of carbonyl (C=O) groups is 2. The van der Waals surface area contributed by atoms with Crippen LogP contribution in [-0.4, -0.2) is 58.8 Å². The molecule has 0 unspecified atom stereocenters. The van der Waals surface area contributed by atoms with Crippen molar-refractivity contribution in [3.8, 4) is 5.75 Å². The number of nitrogens with zero attached hydrogens (tertiary/aromatic N) is 4. The highest BCUT2D eigenvalue weighted by Gasteiger charge is 2.34. The Labute approximate surface area is 193 Å². The predicted octanol–water partition coefficient (Wildman–Crippen LogP) is 1.13. The van der Waals surface area contributed by atoms with Crippen molar-refractivity contribution in [3.63, 3.8) is 0 Å². The van der Waals surface area contributed by atoms with Crippen LogP contribution in [0.5, 0.6) is 5.75 Å². The summed E-state index contributed by atoms with van der Waals surface area (Å²) in [5.74, 6) is 0.127. The molecule has 0 spiro atoms. The fourth-order valence-corrected chi connectivity index (χ4v) is 4.22. The zero-order valence-corrected chi connectivity index (χ0v) is 18.4. The van der Waals surface area contributed by atoms with E-state index in [1.807, 2.05) is 0 Å². The lowest BCUT2D eigenvalue weighted by Crippen LogP contribution is -2.33. The van der Waals surface area contributed by atoms with Gasteiger partial charge in [0.2, 0.25) is 5.95 Å². The van der Waals surface area contributed by atoms with Gasteiger partial charge in [-0.15, -0.1) is 0 Å². The van der Waals surface area contributed by atoms with Gasteiger partial charge in [-0.05, 0) is 36.6 Å². The summed E-state index contributed by atoms with van der Waals surface area (Å²) < 4.78 is 26.7. The van der Waals surface area contributed by atoms with Crippen molar-refractivity contribution in [1.82, 2.24) is 19.9 Å². The van der Waals surface area contributed by atoms with E-state index in [2.05, 4.69) is 15.3 Å². The first kappa shape index (κ1) is 22.0. The van der Waals surface area contributed by atoms with E-state index in [9.17, 15) is 18.8 Å². The summed E-state index contributed by atoms with van der Waals surface area (Å²) in [7, 11) is 1.62. The summed E-state index contributed by atoms with van der Waals surface area (Å²) in [5.41, 5.74) is 1.27. The molecule has 34 heavy (non-hydrogen) atoms. The number of rotatable bonds is 6. The second-order valence-electron chi connectivity index (χ2n) is 8.25. The molecule has 0 bridgehead atoms. The number of aryl methyl sites for hydroxylation is 1. The van der Waals surface area contributed by atoms with Gasteiger partial charge in [-0.25, -0.2) is 24.1 Å². The maximum atomic E-state index is 14.5. The van der Waals surface area contributed by atoms with E-state index in [4.69, 9.17) is 9.47 Å². The molecule has 176 valence electrons. The predicted molar refractivity (Wildman–Crippen MR) is 120 cm³/mol. The standard InChI is InChI=1S/C23H22FN5O5/c1-28-20(31)5-3-13-2-4-17(24)16(21(13)28)6-7-25-9-15-11-29(23(32)34-15)22-26-10-19-18(27-22)8-14(30)12-33-19/h2-5,10,15,25H,6-9,11-12H2,1H3/t15-/m0/s1. The smallest absolute Gasteiger partial charge is 0.417 e. The van der Waals surface area contributed by atoms with E-state index in [-0.39, 0.29) is 42.7 Å². The first-order valence-electron chi connectivity index (χ1n) is 10.9. The molecule has 5 rings (SSSR count). The van der Waals surface area contributed by atoms with Gasteiger partial charge in [-0.2, -0.15) is 0 Å². The minimum absolute atomic E-state index is 0.00577. The molecule has 4 heterocycles. The first-order chi connectivity index (χ1) is 16.4. The molecule has 0 aliphatic carbocycles. The van der Waals surface area contributed by atoms with Crippen LogP contribution in [0.3, 0.4) is 0 Å². The molecule has 2 aliphatic heterocycles. The number of halogens is 1. The molecule has 1 N–H and O–H groups in total. The van der Waals surface area contributed by atoms with Crippen LogP contribution in [0.1, 0.15) is 11.3 Å². The van der Waals surface area contributed by atoms with E-state index in [0.29, 0.717) is 42.0 Å². The van der Waals surface area contributed by atoms with Crippen LogP contribution in [0.2, 0.25) is 0 Å². The quantitative estimate of drug-likeness (QED) is 0.537. The van der Waals surface area contributed by atoms with Crippen LogP contribution in [0.4, 0.5) is 15.1 Å². The Morgan fingerprint density at radius 2 is 2.03 bits per heavy atom. The maximum Gasteiger partial charge on any atom is 0.417 e. The summed E-state index contributed by atoms with van der Waals surface area (Å²) in [6, 6.07) is 6.19. The second-order valence-corrected chi connectivity index (χ2v) is 8.25. The lowest BCUT2D eigenvalue weighted by molar-refractivity contribution is -0.121. The number of fused-ring (bicyclic) bond motifs is 2. The van der Waals surface area contributed by atoms with E-state index >= 15 is 0 Å². The molecule has 2 aromatic heterocycles. The molecule has 2 aliphatic rings. The molecule has 10 nitrogen and oxygen atoms in total. The Kier molecular flexibility index (Phi) is 5.70. The Hall–Kier alpha value is -3.86. The van der Waals surface area contributed by atoms with Crippen molar-refractivity contribution in [1.29, 1.82) is 0 Å². The van der Waals surface area contributed by atoms with Crippen molar-refractivity contribution >= 4 is 28.7 Å². The van der Waals surface area contributed by atoms with Gasteiger partial charge >= 0.3 is 6.09 Å². The van der Waals surface area contributed by atoms with Crippen LogP contribution >= 0.6 is 0 Å². The van der Waals surface area contributed by atoms with E-state index in [1.54, 1.807) is 19.2 Å². The van der Waals surface area contributed by atoms with Crippen molar-refractivity contribution < 1.29 is 23.5 Å². The van der Waals surface area contributed by atoms with E-state index < -0.39 is 12.2 Å². The van der Waals surface area contributed by atoms with Gasteiger partial charge in [0.15, 0.2) is 11.5 Å². The summed E-state index contributed by atoms with van der Waals surface area (Å²) >= 11 is 0. The van der Waals surface area contributed by atoms with Crippen molar-refractivity contribution in [2.75, 3.05) is 31.1 Å². The largest absolute Gasteiger partial charge is 0.482 e. The molecule has 1 amide bonds. The zero-order valence-electron chi connectivity index (χ0n) is 18.4. The van der Waals surface area contributed by atoms with Gasteiger partial charge in [-0.3, -0.25) is 9.59 Å². The van der Waals surface area contributed by atoms with Gasteiger partial charge in [0, 0.05) is 25.2 Å². The average molecular weight is 467 g/mol. The number of benzene rings is 1. The number of Topliss-reactive ketones (excluding diaryl/α,β-unsaturated/α-hetero) is 1. The van der Waals surface area contributed by atoms with Crippen LogP contribution < -0.4 is 20.5 Å². The van der Waals surface area contributed by atoms with Gasteiger partial charge in [0.1, 0.15) is 18.5 Å². The normalized spacial score (nSPS) is 17.6. The highest BCUT2D eigenvalue weighted by Crippen LogP contribution is 2.25. The number of aromatic nitrogens is 3. The third-order valence-corrected chi connectivity index (χ3v) is 5.94. The molecule has 1 saturated heterocycles. The second kappa shape index (κ2) is 8.82. The molecule has 11 heteroatoms. The number of nitrogens with one attached hydrogen (secondary N) is 1. The number of ether oxygens (including phenoxy) is 2. The summed E-state index contributed by atoms with van der Waals surface area (Å²) in [4.78, 5) is 45.7. The number of pyridine rings is 1. The average Bonchev–Trinajstić information content (AvgIpc) is 3.20. The monoisotopic (exact) mass is 467 g/mol. The lowest BCUT2D eigenvalue weighted by Gasteiger charge is -2.17. The topological polar surface area (TPSA) is 116 Å². The van der Waals surface area contributed by atoms with Gasteiger partial charge in [0.05, 0.1) is 30.4 Å². The van der Waals surface area contributed by atoms with Crippen LogP contribution in [0, 0.1) is 5.82 Å². The Bertz CT molecular complexity index is 1360. The fraction of sp³-hybridized carbons (Fsp3) is 0.348. The van der Waals surface area contributed by atoms with Crippen molar-refractivity contribution in [2.45, 2.75) is 18.9 Å². The summed E-state index contributed by atoms with van der Waals surface area (Å²) in [5, 5.41) is 3.97. The molecule has 3 aromatic rings. The number of amides is 1. The number of ketones is 1. The zero-order chi connectivity index (χ0) is 23.8. The highest BCUT2D eigenvalue weighted by molar-refractivity contribution is 5.88. The molecular formula is C23H22FN5O5. The summed E-state index contributed by atoms with van der Waals surface area (Å²) in [6.45, 7) is 0.993. The number of carbonyl (C=O) groups excluding carboxylic acids is 2.